The minimum absolute atomic E-state index is 0.0190. The molecular weight excluding hydrogens is 313 g/mol. The number of benzene rings is 1. The Morgan fingerprint density at radius 3 is 2.58 bits per heavy atom. The second-order valence-corrected chi connectivity index (χ2v) is 6.33. The van der Waals surface area contributed by atoms with Crippen LogP contribution in [0.4, 0.5) is 9.18 Å². The van der Waals surface area contributed by atoms with E-state index in [1.54, 1.807) is 17.0 Å². The summed E-state index contributed by atoms with van der Waals surface area (Å²) in [7, 11) is 1.54. The van der Waals surface area contributed by atoms with Gasteiger partial charge in [0.1, 0.15) is 18.9 Å². The Kier molecular flexibility index (Phi) is 4.51. The first-order chi connectivity index (χ1) is 11.5. The zero-order valence-corrected chi connectivity index (χ0v) is 13.6. The van der Waals surface area contributed by atoms with Crippen molar-refractivity contribution >= 4 is 17.8 Å². The van der Waals surface area contributed by atoms with Crippen LogP contribution in [0.15, 0.2) is 24.3 Å². The first-order valence-corrected chi connectivity index (χ1v) is 8.05. The molecule has 1 aromatic rings. The van der Waals surface area contributed by atoms with Crippen LogP contribution in [-0.4, -0.2) is 65.3 Å². The van der Waals surface area contributed by atoms with Crippen LogP contribution in [0, 0.1) is 5.82 Å². The molecule has 0 spiro atoms. The van der Waals surface area contributed by atoms with Gasteiger partial charge in [-0.05, 0) is 37.0 Å². The Morgan fingerprint density at radius 2 is 1.96 bits per heavy atom. The molecule has 0 aromatic heterocycles. The van der Waals surface area contributed by atoms with Gasteiger partial charge in [0.25, 0.3) is 5.91 Å². The summed E-state index contributed by atoms with van der Waals surface area (Å²) in [6.45, 7) is 0.434. The summed E-state index contributed by atoms with van der Waals surface area (Å²) in [4.78, 5) is 40.3. The Hall–Kier alpha value is -2.44. The van der Waals surface area contributed by atoms with Crippen LogP contribution in [0.25, 0.3) is 0 Å². The lowest BCUT2D eigenvalue weighted by Crippen LogP contribution is -2.45. The topological polar surface area (TPSA) is 60.9 Å². The molecule has 1 atom stereocenters. The molecule has 0 bridgehead atoms. The number of halogens is 1. The summed E-state index contributed by atoms with van der Waals surface area (Å²) >= 11 is 0. The zero-order chi connectivity index (χ0) is 17.3. The van der Waals surface area contributed by atoms with Crippen molar-refractivity contribution in [2.75, 3.05) is 26.7 Å². The monoisotopic (exact) mass is 333 g/mol. The number of rotatable bonds is 4. The van der Waals surface area contributed by atoms with Crippen molar-refractivity contribution in [1.82, 2.24) is 14.7 Å². The van der Waals surface area contributed by atoms with E-state index in [1.165, 1.54) is 24.1 Å². The zero-order valence-electron chi connectivity index (χ0n) is 13.6. The van der Waals surface area contributed by atoms with E-state index >= 15 is 0 Å². The highest BCUT2D eigenvalue weighted by molar-refractivity contribution is 6.04. The molecular formula is C17H20FN3O3. The second kappa shape index (κ2) is 6.59. The molecule has 1 aromatic carbocycles. The largest absolute Gasteiger partial charge is 0.338 e. The van der Waals surface area contributed by atoms with E-state index in [9.17, 15) is 18.8 Å². The number of nitrogens with zero attached hydrogens (tertiary/aromatic N) is 3. The fourth-order valence-electron chi connectivity index (χ4n) is 3.32. The highest BCUT2D eigenvalue weighted by atomic mass is 19.1. The molecule has 3 rings (SSSR count). The van der Waals surface area contributed by atoms with Crippen LogP contribution in [0.5, 0.6) is 0 Å². The molecule has 2 fully saturated rings. The smallest absolute Gasteiger partial charge is 0.327 e. The maximum absolute atomic E-state index is 13.0. The third-order valence-corrected chi connectivity index (χ3v) is 4.61. The molecule has 2 heterocycles. The lowest BCUT2D eigenvalue weighted by Gasteiger charge is -2.26. The van der Waals surface area contributed by atoms with E-state index in [4.69, 9.17) is 0 Å². The lowest BCUT2D eigenvalue weighted by molar-refractivity contribution is -0.137. The van der Waals surface area contributed by atoms with Crippen LogP contribution < -0.4 is 0 Å². The predicted molar refractivity (Wildman–Crippen MR) is 84.6 cm³/mol. The Balaban J connectivity index is 1.64. The molecule has 2 saturated heterocycles. The van der Waals surface area contributed by atoms with Crippen LogP contribution in [0.1, 0.15) is 18.4 Å². The molecule has 2 aliphatic rings. The van der Waals surface area contributed by atoms with Gasteiger partial charge < -0.3 is 9.80 Å². The number of carbonyl (C=O) groups excluding carboxylic acids is 3. The Bertz CT molecular complexity index is 662. The summed E-state index contributed by atoms with van der Waals surface area (Å²) in [5.41, 5.74) is 0.967. The van der Waals surface area contributed by atoms with Crippen molar-refractivity contribution in [2.24, 2.45) is 0 Å². The molecule has 0 N–H and O–H groups in total. The van der Waals surface area contributed by atoms with E-state index in [0.29, 0.717) is 13.0 Å². The molecule has 0 unspecified atom stereocenters. The fraction of sp³-hybridized carbons (Fsp3) is 0.471. The van der Waals surface area contributed by atoms with Crippen molar-refractivity contribution in [1.29, 1.82) is 0 Å². The summed E-state index contributed by atoms with van der Waals surface area (Å²) in [5, 5.41) is 0. The van der Waals surface area contributed by atoms with Crippen molar-refractivity contribution in [3.05, 3.63) is 35.6 Å². The van der Waals surface area contributed by atoms with Crippen LogP contribution >= 0.6 is 0 Å². The molecule has 24 heavy (non-hydrogen) atoms. The van der Waals surface area contributed by atoms with Gasteiger partial charge in [0.05, 0.1) is 0 Å². The van der Waals surface area contributed by atoms with Crippen LogP contribution in [0.3, 0.4) is 0 Å². The lowest BCUT2D eigenvalue weighted by atomic mass is 10.0. The Labute approximate surface area is 139 Å². The fourth-order valence-corrected chi connectivity index (χ4v) is 3.32. The van der Waals surface area contributed by atoms with Gasteiger partial charge in [-0.1, -0.05) is 12.1 Å². The summed E-state index contributed by atoms with van der Waals surface area (Å²) in [6, 6.07) is 5.86. The molecule has 4 amide bonds. The van der Waals surface area contributed by atoms with Crippen molar-refractivity contribution < 1.29 is 18.8 Å². The number of likely N-dealkylation sites (tertiary alicyclic amines) is 1. The van der Waals surface area contributed by atoms with Gasteiger partial charge >= 0.3 is 6.03 Å². The van der Waals surface area contributed by atoms with E-state index in [2.05, 4.69) is 0 Å². The number of urea groups is 1. The molecule has 0 saturated carbocycles. The number of likely N-dealkylation sites (N-methyl/N-ethyl adjacent to an activating group) is 1. The summed E-state index contributed by atoms with van der Waals surface area (Å²) in [6.07, 6.45) is 2.40. The van der Waals surface area contributed by atoms with E-state index in [0.717, 1.165) is 23.3 Å². The minimum atomic E-state index is -0.428. The summed E-state index contributed by atoms with van der Waals surface area (Å²) < 4.78 is 13.0. The van der Waals surface area contributed by atoms with E-state index < -0.39 is 6.03 Å². The van der Waals surface area contributed by atoms with Gasteiger partial charge in [-0.3, -0.25) is 14.5 Å². The van der Waals surface area contributed by atoms with Crippen molar-refractivity contribution in [3.8, 4) is 0 Å². The second-order valence-electron chi connectivity index (χ2n) is 6.33. The molecule has 2 aliphatic heterocycles. The van der Waals surface area contributed by atoms with Crippen molar-refractivity contribution in [2.45, 2.75) is 25.3 Å². The van der Waals surface area contributed by atoms with E-state index in [-0.39, 0.29) is 36.8 Å². The van der Waals surface area contributed by atoms with Gasteiger partial charge in [0.15, 0.2) is 0 Å². The van der Waals surface area contributed by atoms with Crippen LogP contribution in [0.2, 0.25) is 0 Å². The third-order valence-electron chi connectivity index (χ3n) is 4.61. The maximum atomic E-state index is 13.0. The molecule has 6 nitrogen and oxygen atoms in total. The first kappa shape index (κ1) is 16.4. The number of carbonyl (C=O) groups is 3. The number of imide groups is 1. The van der Waals surface area contributed by atoms with Crippen LogP contribution in [-0.2, 0) is 16.0 Å². The van der Waals surface area contributed by atoms with Gasteiger partial charge in [-0.15, -0.1) is 0 Å². The van der Waals surface area contributed by atoms with Gasteiger partial charge in [0.2, 0.25) is 5.91 Å². The average molecular weight is 333 g/mol. The molecule has 0 aliphatic carbocycles. The normalized spacial score (nSPS) is 21.1. The molecule has 128 valence electrons. The molecule has 0 radical (unpaired) electrons. The highest BCUT2D eigenvalue weighted by Crippen LogP contribution is 2.22. The number of amides is 4. The summed E-state index contributed by atoms with van der Waals surface area (Å²) in [5.74, 6) is -0.838. The number of hydrogen-bond acceptors (Lipinski definition) is 3. The molecule has 7 heteroatoms. The number of hydrogen-bond donors (Lipinski definition) is 0. The van der Waals surface area contributed by atoms with Crippen molar-refractivity contribution in [3.63, 3.8) is 0 Å². The average Bonchev–Trinajstić information content (AvgIpc) is 3.10. The van der Waals surface area contributed by atoms with Gasteiger partial charge in [-0.2, -0.15) is 0 Å². The minimum Gasteiger partial charge on any atom is -0.338 e. The highest BCUT2D eigenvalue weighted by Gasteiger charge is 2.37. The Morgan fingerprint density at radius 1 is 1.25 bits per heavy atom. The van der Waals surface area contributed by atoms with Gasteiger partial charge in [-0.25, -0.2) is 9.18 Å². The maximum Gasteiger partial charge on any atom is 0.327 e. The predicted octanol–water partition coefficient (Wildman–Crippen LogP) is 1.25. The quantitative estimate of drug-likeness (QED) is 0.779. The third kappa shape index (κ3) is 3.25. The van der Waals surface area contributed by atoms with E-state index in [1.807, 2.05) is 0 Å². The standard InChI is InChI=1S/C17H20FN3O3/c1-19-10-15(22)21(17(19)24)11-16(23)20-8-2-3-14(20)9-12-4-6-13(18)7-5-12/h4-7,14H,2-3,8-11H2,1H3/t14-/m1/s1. The SMILES string of the molecule is CN1CC(=O)N(CC(=O)N2CCC[C@@H]2Cc2ccc(F)cc2)C1=O. The van der Waals surface area contributed by atoms with Gasteiger partial charge in [0, 0.05) is 19.6 Å². The first-order valence-electron chi connectivity index (χ1n) is 8.05.